The predicted molar refractivity (Wildman–Crippen MR) is 104 cm³/mol. The monoisotopic (exact) mass is 367 g/mol. The van der Waals surface area contributed by atoms with Gasteiger partial charge in [0.1, 0.15) is 0 Å². The molecule has 0 spiro atoms. The minimum absolute atomic E-state index is 0.192. The Kier molecular flexibility index (Phi) is 7.50. The lowest BCUT2D eigenvalue weighted by atomic mass is 10.1. The van der Waals surface area contributed by atoms with E-state index in [0.717, 1.165) is 17.5 Å². The van der Waals surface area contributed by atoms with E-state index < -0.39 is 0 Å². The third-order valence-electron chi connectivity index (χ3n) is 3.96. The SMILES string of the molecule is CCCOc1ccc(CNC(=O)N(C)Cc2cccc(C#N)c2)cc1OC. The van der Waals surface area contributed by atoms with Gasteiger partial charge in [-0.15, -0.1) is 0 Å². The van der Waals surface area contributed by atoms with Crippen molar-refractivity contribution in [3.63, 3.8) is 0 Å². The van der Waals surface area contributed by atoms with Gasteiger partial charge in [0.05, 0.1) is 25.3 Å². The molecule has 142 valence electrons. The molecule has 6 nitrogen and oxygen atoms in total. The topological polar surface area (TPSA) is 74.6 Å². The van der Waals surface area contributed by atoms with E-state index >= 15 is 0 Å². The van der Waals surface area contributed by atoms with Gasteiger partial charge in [-0.2, -0.15) is 5.26 Å². The van der Waals surface area contributed by atoms with Crippen molar-refractivity contribution in [3.8, 4) is 17.6 Å². The summed E-state index contributed by atoms with van der Waals surface area (Å²) >= 11 is 0. The number of ether oxygens (including phenoxy) is 2. The van der Waals surface area contributed by atoms with Crippen LogP contribution in [0.5, 0.6) is 11.5 Å². The highest BCUT2D eigenvalue weighted by molar-refractivity contribution is 5.73. The average molecular weight is 367 g/mol. The Hall–Kier alpha value is -3.20. The van der Waals surface area contributed by atoms with Crippen LogP contribution in [0.3, 0.4) is 0 Å². The standard InChI is InChI=1S/C21H25N3O3/c1-4-10-27-19-9-8-17(12-20(19)26-3)14-23-21(25)24(2)15-18-7-5-6-16(11-18)13-22/h5-9,11-12H,4,10,14-15H2,1-3H3,(H,23,25). The second-order valence-electron chi connectivity index (χ2n) is 6.16. The van der Waals surface area contributed by atoms with E-state index in [1.54, 1.807) is 31.2 Å². The maximum atomic E-state index is 12.3. The summed E-state index contributed by atoms with van der Waals surface area (Å²) in [6, 6.07) is 14.8. The molecule has 0 unspecified atom stereocenters. The zero-order valence-electron chi connectivity index (χ0n) is 16.0. The number of nitriles is 1. The first-order chi connectivity index (χ1) is 13.1. The molecule has 0 atom stereocenters. The average Bonchev–Trinajstić information content (AvgIpc) is 2.70. The van der Waals surface area contributed by atoms with Crippen molar-refractivity contribution in [1.82, 2.24) is 10.2 Å². The van der Waals surface area contributed by atoms with Crippen molar-refractivity contribution < 1.29 is 14.3 Å². The van der Waals surface area contributed by atoms with Crippen LogP contribution in [0.15, 0.2) is 42.5 Å². The highest BCUT2D eigenvalue weighted by Crippen LogP contribution is 2.28. The van der Waals surface area contributed by atoms with Crippen LogP contribution in [0.4, 0.5) is 4.79 Å². The Morgan fingerprint density at radius 3 is 2.70 bits per heavy atom. The molecule has 2 aromatic rings. The number of nitrogens with zero attached hydrogens (tertiary/aromatic N) is 2. The molecule has 2 aromatic carbocycles. The first-order valence-corrected chi connectivity index (χ1v) is 8.85. The third-order valence-corrected chi connectivity index (χ3v) is 3.96. The van der Waals surface area contributed by atoms with Crippen LogP contribution in [0.25, 0.3) is 0 Å². The van der Waals surface area contributed by atoms with Crippen LogP contribution >= 0.6 is 0 Å². The van der Waals surface area contributed by atoms with Crippen molar-refractivity contribution in [1.29, 1.82) is 5.26 Å². The molecule has 0 aliphatic rings. The lowest BCUT2D eigenvalue weighted by Crippen LogP contribution is -2.36. The zero-order valence-corrected chi connectivity index (χ0v) is 16.0. The molecule has 1 N–H and O–H groups in total. The summed E-state index contributed by atoms with van der Waals surface area (Å²) in [5.74, 6) is 1.35. The number of rotatable bonds is 8. The van der Waals surface area contributed by atoms with Gasteiger partial charge in [-0.25, -0.2) is 4.79 Å². The largest absolute Gasteiger partial charge is 0.493 e. The number of methoxy groups -OCH3 is 1. The number of benzene rings is 2. The molecule has 6 heteroatoms. The highest BCUT2D eigenvalue weighted by Gasteiger charge is 2.11. The summed E-state index contributed by atoms with van der Waals surface area (Å²) in [5.41, 5.74) is 2.41. The summed E-state index contributed by atoms with van der Waals surface area (Å²) in [5, 5.41) is 11.9. The lowest BCUT2D eigenvalue weighted by Gasteiger charge is -2.18. The molecule has 0 bridgehead atoms. The summed E-state index contributed by atoms with van der Waals surface area (Å²) in [6.07, 6.45) is 0.921. The fourth-order valence-electron chi connectivity index (χ4n) is 2.55. The number of carbonyl (C=O) groups is 1. The van der Waals surface area contributed by atoms with Gasteiger partial charge in [0.15, 0.2) is 11.5 Å². The number of urea groups is 1. The number of carbonyl (C=O) groups excluding carboxylic acids is 1. The number of hydrogen-bond donors (Lipinski definition) is 1. The maximum Gasteiger partial charge on any atom is 0.317 e. The van der Waals surface area contributed by atoms with E-state index in [-0.39, 0.29) is 6.03 Å². The summed E-state index contributed by atoms with van der Waals surface area (Å²) in [4.78, 5) is 13.9. The molecule has 27 heavy (non-hydrogen) atoms. The highest BCUT2D eigenvalue weighted by atomic mass is 16.5. The van der Waals surface area contributed by atoms with Gasteiger partial charge in [-0.05, 0) is 41.8 Å². The van der Waals surface area contributed by atoms with Crippen molar-refractivity contribution in [2.45, 2.75) is 26.4 Å². The van der Waals surface area contributed by atoms with E-state index in [1.165, 1.54) is 0 Å². The van der Waals surface area contributed by atoms with Gasteiger partial charge in [0, 0.05) is 20.1 Å². The molecule has 0 saturated carbocycles. The molecule has 0 aromatic heterocycles. The lowest BCUT2D eigenvalue weighted by molar-refractivity contribution is 0.206. The number of nitrogens with one attached hydrogen (secondary N) is 1. The van der Waals surface area contributed by atoms with E-state index in [9.17, 15) is 4.79 Å². The number of amides is 2. The Morgan fingerprint density at radius 1 is 1.19 bits per heavy atom. The molecular formula is C21H25N3O3. The van der Waals surface area contributed by atoms with Crippen molar-refractivity contribution >= 4 is 6.03 Å². The van der Waals surface area contributed by atoms with E-state index in [0.29, 0.717) is 36.8 Å². The normalized spacial score (nSPS) is 10.0. The van der Waals surface area contributed by atoms with E-state index in [2.05, 4.69) is 11.4 Å². The smallest absolute Gasteiger partial charge is 0.317 e. The molecule has 0 aliphatic carbocycles. The van der Waals surface area contributed by atoms with E-state index in [4.69, 9.17) is 14.7 Å². The molecular weight excluding hydrogens is 342 g/mol. The Labute approximate surface area is 160 Å². The van der Waals surface area contributed by atoms with Gasteiger partial charge in [-0.3, -0.25) is 0 Å². The second-order valence-corrected chi connectivity index (χ2v) is 6.16. The van der Waals surface area contributed by atoms with Crippen LogP contribution in [0.2, 0.25) is 0 Å². The summed E-state index contributed by atoms with van der Waals surface area (Å²) < 4.78 is 11.0. The van der Waals surface area contributed by atoms with Gasteiger partial charge in [-0.1, -0.05) is 25.1 Å². The first kappa shape index (κ1) is 20.1. The van der Waals surface area contributed by atoms with Crippen molar-refractivity contribution in [3.05, 3.63) is 59.2 Å². The van der Waals surface area contributed by atoms with Crippen LogP contribution in [-0.4, -0.2) is 31.7 Å². The molecule has 0 saturated heterocycles. The number of hydrogen-bond acceptors (Lipinski definition) is 4. The fraction of sp³-hybridized carbons (Fsp3) is 0.333. The molecule has 2 rings (SSSR count). The van der Waals surface area contributed by atoms with Gasteiger partial charge in [0.25, 0.3) is 0 Å². The van der Waals surface area contributed by atoms with Crippen LogP contribution in [0.1, 0.15) is 30.0 Å². The van der Waals surface area contributed by atoms with Crippen LogP contribution in [-0.2, 0) is 13.1 Å². The third kappa shape index (κ3) is 5.93. The second kappa shape index (κ2) is 10.1. The predicted octanol–water partition coefficient (Wildman–Crippen LogP) is 3.70. The van der Waals surface area contributed by atoms with Crippen LogP contribution < -0.4 is 14.8 Å². The van der Waals surface area contributed by atoms with E-state index in [1.807, 2.05) is 37.3 Å². The molecule has 2 amide bonds. The summed E-state index contributed by atoms with van der Waals surface area (Å²) in [7, 11) is 3.32. The molecule has 0 heterocycles. The summed E-state index contributed by atoms with van der Waals surface area (Å²) in [6.45, 7) is 3.48. The van der Waals surface area contributed by atoms with Crippen LogP contribution in [0, 0.1) is 11.3 Å². The first-order valence-electron chi connectivity index (χ1n) is 8.85. The molecule has 0 aliphatic heterocycles. The van der Waals surface area contributed by atoms with Gasteiger partial charge >= 0.3 is 6.03 Å². The molecule has 0 fully saturated rings. The molecule has 0 radical (unpaired) electrons. The van der Waals surface area contributed by atoms with Crippen molar-refractivity contribution in [2.24, 2.45) is 0 Å². The fourth-order valence-corrected chi connectivity index (χ4v) is 2.55. The zero-order chi connectivity index (χ0) is 19.6. The quantitative estimate of drug-likeness (QED) is 0.772. The minimum atomic E-state index is -0.192. The van der Waals surface area contributed by atoms with Gasteiger partial charge in [0.2, 0.25) is 0 Å². The minimum Gasteiger partial charge on any atom is -0.493 e. The van der Waals surface area contributed by atoms with Crippen molar-refractivity contribution in [2.75, 3.05) is 20.8 Å². The Bertz CT molecular complexity index is 815. The maximum absolute atomic E-state index is 12.3. The Balaban J connectivity index is 1.93. The Morgan fingerprint density at radius 2 is 2.00 bits per heavy atom. The van der Waals surface area contributed by atoms with Gasteiger partial charge < -0.3 is 19.7 Å².